The molecular weight excluding hydrogens is 272 g/mol. The summed E-state index contributed by atoms with van der Waals surface area (Å²) in [6, 6.07) is 4.05. The van der Waals surface area contributed by atoms with Crippen LogP contribution < -0.4 is 9.13 Å². The summed E-state index contributed by atoms with van der Waals surface area (Å²) in [6.07, 6.45) is 13.2. The fourth-order valence-electron chi connectivity index (χ4n) is 1.86. The van der Waals surface area contributed by atoms with Gasteiger partial charge in [0.05, 0.1) is 12.4 Å². The Morgan fingerprint density at radius 1 is 0.864 bits per heavy atom. The molecule has 0 bridgehead atoms. The smallest absolute Gasteiger partial charge is 0.233 e. The molecule has 0 radical (unpaired) electrons. The van der Waals surface area contributed by atoms with Crippen LogP contribution in [0.4, 0.5) is 0 Å². The van der Waals surface area contributed by atoms with Gasteiger partial charge < -0.3 is 0 Å². The van der Waals surface area contributed by atoms with E-state index >= 15 is 0 Å². The minimum Gasteiger partial charge on any atom is -0.233 e. The molecular formula is C18H26N4+2. The van der Waals surface area contributed by atoms with Crippen molar-refractivity contribution in [2.75, 3.05) is 0 Å². The Bertz CT molecular complexity index is 505. The topological polar surface area (TPSA) is 33.5 Å². The number of allylic oxidation sites excluding steroid dienone is 2. The number of nitrogens with zero attached hydrogens (tertiary/aromatic N) is 4. The molecule has 22 heavy (non-hydrogen) atoms. The molecule has 0 aliphatic heterocycles. The zero-order chi connectivity index (χ0) is 16.2. The monoisotopic (exact) mass is 298 g/mol. The number of rotatable bonds is 7. The second-order valence-electron chi connectivity index (χ2n) is 4.56. The highest BCUT2D eigenvalue weighted by atomic mass is 15.1. The number of aryl methyl sites for hydroxylation is 2. The van der Waals surface area contributed by atoms with Crippen LogP contribution in [0.2, 0.25) is 0 Å². The fourth-order valence-corrected chi connectivity index (χ4v) is 1.86. The van der Waals surface area contributed by atoms with E-state index in [1.807, 2.05) is 63.2 Å². The molecule has 0 unspecified atom stereocenters. The van der Waals surface area contributed by atoms with Crippen molar-refractivity contribution in [2.24, 2.45) is 0 Å². The maximum Gasteiger partial charge on any atom is 0.286 e. The van der Waals surface area contributed by atoms with Crippen molar-refractivity contribution in [1.82, 2.24) is 9.97 Å². The zero-order valence-corrected chi connectivity index (χ0v) is 13.7. The van der Waals surface area contributed by atoms with Crippen LogP contribution in [-0.2, 0) is 25.9 Å². The summed E-state index contributed by atoms with van der Waals surface area (Å²) in [5, 5.41) is 0. The summed E-state index contributed by atoms with van der Waals surface area (Å²) in [5.74, 6) is 0. The summed E-state index contributed by atoms with van der Waals surface area (Å²) in [5.41, 5.74) is 2.08. The van der Waals surface area contributed by atoms with Crippen LogP contribution in [-0.4, -0.2) is 9.97 Å². The Morgan fingerprint density at radius 2 is 1.27 bits per heavy atom. The average molecular weight is 298 g/mol. The van der Waals surface area contributed by atoms with Crippen molar-refractivity contribution in [3.63, 3.8) is 0 Å². The van der Waals surface area contributed by atoms with Crippen molar-refractivity contribution in [3.05, 3.63) is 73.9 Å². The van der Waals surface area contributed by atoms with Crippen LogP contribution in [0.3, 0.4) is 0 Å². The average Bonchev–Trinajstić information content (AvgIpc) is 2.58. The van der Waals surface area contributed by atoms with Crippen LogP contribution >= 0.6 is 0 Å². The third kappa shape index (κ3) is 5.95. The van der Waals surface area contributed by atoms with Crippen LogP contribution in [0, 0.1) is 0 Å². The molecule has 0 aliphatic rings. The van der Waals surface area contributed by atoms with Crippen molar-refractivity contribution in [3.8, 4) is 0 Å². The van der Waals surface area contributed by atoms with Gasteiger partial charge >= 0.3 is 0 Å². The lowest BCUT2D eigenvalue weighted by Gasteiger charge is -1.99. The van der Waals surface area contributed by atoms with Gasteiger partial charge in [-0.15, -0.1) is 13.2 Å². The molecule has 0 aliphatic carbocycles. The van der Waals surface area contributed by atoms with Gasteiger partial charge in [-0.1, -0.05) is 36.0 Å². The summed E-state index contributed by atoms with van der Waals surface area (Å²) >= 11 is 0. The molecule has 0 aromatic carbocycles. The van der Waals surface area contributed by atoms with Crippen LogP contribution in [0.15, 0.2) is 62.5 Å². The highest BCUT2D eigenvalue weighted by Crippen LogP contribution is 1.92. The minimum atomic E-state index is 0.810. The second-order valence-corrected chi connectivity index (χ2v) is 4.56. The highest BCUT2D eigenvalue weighted by Gasteiger charge is 2.05. The number of aromatic nitrogens is 4. The zero-order valence-electron chi connectivity index (χ0n) is 13.7. The SMILES string of the molecule is C=CCc1cc[n+](CC[n+]2ccc(CC=C)nc2)cn1.CC. The van der Waals surface area contributed by atoms with Crippen molar-refractivity contribution < 1.29 is 9.13 Å². The first kappa shape index (κ1) is 17.7. The molecule has 0 atom stereocenters. The lowest BCUT2D eigenvalue weighted by atomic mass is 10.3. The molecule has 2 aromatic rings. The first-order valence-corrected chi connectivity index (χ1v) is 7.71. The van der Waals surface area contributed by atoms with Gasteiger partial charge in [0.1, 0.15) is 13.1 Å². The van der Waals surface area contributed by atoms with Crippen molar-refractivity contribution in [1.29, 1.82) is 0 Å². The molecule has 4 heteroatoms. The lowest BCUT2D eigenvalue weighted by molar-refractivity contribution is -0.781. The highest BCUT2D eigenvalue weighted by molar-refractivity contribution is 5.00. The molecule has 2 rings (SSSR count). The second kappa shape index (κ2) is 10.4. The van der Waals surface area contributed by atoms with E-state index in [-0.39, 0.29) is 0 Å². The van der Waals surface area contributed by atoms with Gasteiger partial charge in [-0.2, -0.15) is 0 Å². The predicted molar refractivity (Wildman–Crippen MR) is 88.0 cm³/mol. The van der Waals surface area contributed by atoms with E-state index in [1.54, 1.807) is 0 Å². The molecule has 0 saturated carbocycles. The van der Waals surface area contributed by atoms with E-state index in [4.69, 9.17) is 0 Å². The summed E-state index contributed by atoms with van der Waals surface area (Å²) < 4.78 is 4.13. The minimum absolute atomic E-state index is 0.810. The maximum absolute atomic E-state index is 4.37. The van der Waals surface area contributed by atoms with Gasteiger partial charge in [-0.05, 0) is 0 Å². The molecule has 4 nitrogen and oxygen atoms in total. The molecule has 0 N–H and O–H groups in total. The molecule has 0 saturated heterocycles. The van der Waals surface area contributed by atoms with E-state index < -0.39 is 0 Å². The predicted octanol–water partition coefficient (Wildman–Crippen LogP) is 2.24. The van der Waals surface area contributed by atoms with Gasteiger partial charge in [0.15, 0.2) is 11.4 Å². The first-order valence-electron chi connectivity index (χ1n) is 7.71. The molecule has 0 fully saturated rings. The molecule has 0 spiro atoms. The summed E-state index contributed by atoms with van der Waals surface area (Å²) in [6.45, 7) is 13.2. The maximum atomic E-state index is 4.37. The normalized spacial score (nSPS) is 9.55. The summed E-state index contributed by atoms with van der Waals surface area (Å²) in [4.78, 5) is 8.75. The quantitative estimate of drug-likeness (QED) is 0.580. The largest absolute Gasteiger partial charge is 0.286 e. The molecule has 2 heterocycles. The Morgan fingerprint density at radius 3 is 1.55 bits per heavy atom. The fraction of sp³-hybridized carbons (Fsp3) is 0.333. The standard InChI is InChI=1S/C16H20N4.C2H6/c1-3-5-15-7-9-19(13-17-15)11-12-20-10-8-16(6-4-2)18-14-20;1-2/h3-4,7-10,13-14H,1-2,5-6,11-12H2;1-2H3/q+2;. The Hall–Kier alpha value is -2.36. The summed E-state index contributed by atoms with van der Waals surface area (Å²) in [7, 11) is 0. The van der Waals surface area contributed by atoms with Crippen LogP contribution in [0.25, 0.3) is 0 Å². The van der Waals surface area contributed by atoms with Gasteiger partial charge in [0.2, 0.25) is 0 Å². The van der Waals surface area contributed by atoms with Gasteiger partial charge in [-0.25, -0.2) is 9.13 Å². The van der Waals surface area contributed by atoms with Crippen molar-refractivity contribution >= 4 is 0 Å². The van der Waals surface area contributed by atoms with Gasteiger partial charge in [0, 0.05) is 25.0 Å². The Balaban J connectivity index is 0.00000116. The van der Waals surface area contributed by atoms with Crippen LogP contribution in [0.5, 0.6) is 0 Å². The van der Waals surface area contributed by atoms with E-state index in [2.05, 4.69) is 32.3 Å². The third-order valence-electron chi connectivity index (χ3n) is 2.98. The Kier molecular flexibility index (Phi) is 8.35. The molecule has 2 aromatic heterocycles. The van der Waals surface area contributed by atoms with Crippen molar-refractivity contribution in [2.45, 2.75) is 39.8 Å². The van der Waals surface area contributed by atoms with E-state index in [9.17, 15) is 0 Å². The Labute approximate surface area is 133 Å². The number of hydrogen-bond donors (Lipinski definition) is 0. The third-order valence-corrected chi connectivity index (χ3v) is 2.98. The van der Waals surface area contributed by atoms with Gasteiger partial charge in [0.25, 0.3) is 12.7 Å². The lowest BCUT2D eigenvalue weighted by Crippen LogP contribution is -2.44. The van der Waals surface area contributed by atoms with E-state index in [1.165, 1.54) is 0 Å². The number of hydrogen-bond acceptors (Lipinski definition) is 2. The van der Waals surface area contributed by atoms with Crippen LogP contribution in [0.1, 0.15) is 25.2 Å². The van der Waals surface area contributed by atoms with E-state index in [0.29, 0.717) is 0 Å². The molecule has 0 amide bonds. The molecule has 116 valence electrons. The first-order chi connectivity index (χ1) is 10.8. The van der Waals surface area contributed by atoms with E-state index in [0.717, 1.165) is 37.3 Å². The van der Waals surface area contributed by atoms with Gasteiger partial charge in [-0.3, -0.25) is 0 Å².